The van der Waals surface area contributed by atoms with Gasteiger partial charge < -0.3 is 14.4 Å². The molecule has 0 N–H and O–H groups in total. The summed E-state index contributed by atoms with van der Waals surface area (Å²) >= 11 is 0. The van der Waals surface area contributed by atoms with Crippen molar-refractivity contribution in [3.63, 3.8) is 0 Å². The first-order valence-corrected chi connectivity index (χ1v) is 10.1. The normalized spacial score (nSPS) is 12.9. The summed E-state index contributed by atoms with van der Waals surface area (Å²) in [6.07, 6.45) is 1.84. The van der Waals surface area contributed by atoms with Gasteiger partial charge in [-0.15, -0.1) is 0 Å². The van der Waals surface area contributed by atoms with Crippen LogP contribution in [0.2, 0.25) is 0 Å². The monoisotopic (exact) mass is 404 g/mol. The SMILES string of the molecule is O=[N+]([O-])c1ccc2c(c1)CCCN2Cc1ccccc1OCCOc1ccccc1. The molecular formula is C24H24N2O4. The Kier molecular flexibility index (Phi) is 6.13. The molecule has 3 aromatic carbocycles. The Morgan fingerprint density at radius 1 is 0.933 bits per heavy atom. The lowest BCUT2D eigenvalue weighted by Gasteiger charge is -2.31. The number of ether oxygens (including phenoxy) is 2. The number of hydrogen-bond donors (Lipinski definition) is 0. The van der Waals surface area contributed by atoms with Gasteiger partial charge in [0.15, 0.2) is 0 Å². The van der Waals surface area contributed by atoms with Crippen LogP contribution in [0.15, 0.2) is 72.8 Å². The maximum absolute atomic E-state index is 11.1. The number of hydrogen-bond acceptors (Lipinski definition) is 5. The maximum atomic E-state index is 11.1. The summed E-state index contributed by atoms with van der Waals surface area (Å²) in [5, 5.41) is 11.1. The van der Waals surface area contributed by atoms with Crippen LogP contribution in [0.1, 0.15) is 17.5 Å². The second-order valence-corrected chi connectivity index (χ2v) is 7.21. The van der Waals surface area contributed by atoms with E-state index in [-0.39, 0.29) is 10.6 Å². The third kappa shape index (κ3) is 4.71. The van der Waals surface area contributed by atoms with E-state index >= 15 is 0 Å². The van der Waals surface area contributed by atoms with Crippen LogP contribution in [0.3, 0.4) is 0 Å². The third-order valence-corrected chi connectivity index (χ3v) is 5.18. The number of nitrogens with zero attached hydrogens (tertiary/aromatic N) is 2. The zero-order valence-electron chi connectivity index (χ0n) is 16.7. The molecule has 0 saturated heterocycles. The Morgan fingerprint density at radius 3 is 2.53 bits per heavy atom. The fourth-order valence-electron chi connectivity index (χ4n) is 3.75. The number of aryl methyl sites for hydroxylation is 1. The molecule has 6 heteroatoms. The number of anilines is 1. The highest BCUT2D eigenvalue weighted by Gasteiger charge is 2.20. The number of nitro benzene ring substituents is 1. The lowest BCUT2D eigenvalue weighted by atomic mass is 10.00. The first-order chi connectivity index (χ1) is 14.7. The first kappa shape index (κ1) is 19.8. The van der Waals surface area contributed by atoms with Crippen LogP contribution in [0.5, 0.6) is 11.5 Å². The van der Waals surface area contributed by atoms with Gasteiger partial charge in [-0.1, -0.05) is 36.4 Å². The van der Waals surface area contributed by atoms with Crippen molar-refractivity contribution in [1.82, 2.24) is 0 Å². The summed E-state index contributed by atoms with van der Waals surface area (Å²) in [7, 11) is 0. The van der Waals surface area contributed by atoms with Crippen molar-refractivity contribution in [2.75, 3.05) is 24.7 Å². The summed E-state index contributed by atoms with van der Waals surface area (Å²) in [5.41, 5.74) is 3.33. The predicted molar refractivity (Wildman–Crippen MR) is 116 cm³/mol. The van der Waals surface area contributed by atoms with E-state index in [2.05, 4.69) is 11.0 Å². The van der Waals surface area contributed by atoms with Crippen molar-refractivity contribution in [2.45, 2.75) is 19.4 Å². The van der Waals surface area contributed by atoms with Crippen molar-refractivity contribution in [3.05, 3.63) is 94.0 Å². The molecule has 4 rings (SSSR count). The second-order valence-electron chi connectivity index (χ2n) is 7.21. The fraction of sp³-hybridized carbons (Fsp3) is 0.250. The molecule has 0 saturated carbocycles. The van der Waals surface area contributed by atoms with E-state index in [9.17, 15) is 10.1 Å². The number of nitro groups is 1. The van der Waals surface area contributed by atoms with Crippen LogP contribution in [0, 0.1) is 10.1 Å². The summed E-state index contributed by atoms with van der Waals surface area (Å²) < 4.78 is 11.7. The van der Waals surface area contributed by atoms with Gasteiger partial charge in [-0.3, -0.25) is 10.1 Å². The van der Waals surface area contributed by atoms with Crippen LogP contribution in [0.25, 0.3) is 0 Å². The topological polar surface area (TPSA) is 64.8 Å². The van der Waals surface area contributed by atoms with Gasteiger partial charge in [0.1, 0.15) is 24.7 Å². The second kappa shape index (κ2) is 9.31. The molecule has 0 radical (unpaired) electrons. The molecule has 30 heavy (non-hydrogen) atoms. The average molecular weight is 404 g/mol. The molecule has 1 aliphatic heterocycles. The summed E-state index contributed by atoms with van der Waals surface area (Å²) in [5.74, 6) is 1.66. The van der Waals surface area contributed by atoms with Gasteiger partial charge >= 0.3 is 0 Å². The zero-order valence-corrected chi connectivity index (χ0v) is 16.7. The lowest BCUT2D eigenvalue weighted by molar-refractivity contribution is -0.384. The minimum atomic E-state index is -0.333. The summed E-state index contributed by atoms with van der Waals surface area (Å²) in [4.78, 5) is 13.0. The molecule has 0 aliphatic carbocycles. The van der Waals surface area contributed by atoms with Crippen molar-refractivity contribution < 1.29 is 14.4 Å². The van der Waals surface area contributed by atoms with E-state index < -0.39 is 0 Å². The molecule has 0 fully saturated rings. The largest absolute Gasteiger partial charge is 0.490 e. The lowest BCUT2D eigenvalue weighted by Crippen LogP contribution is -2.29. The molecule has 3 aromatic rings. The number of non-ortho nitro benzene ring substituents is 1. The Morgan fingerprint density at radius 2 is 1.70 bits per heavy atom. The van der Waals surface area contributed by atoms with E-state index in [1.807, 2.05) is 54.6 Å². The van der Waals surface area contributed by atoms with Gasteiger partial charge in [0.05, 0.1) is 4.92 Å². The van der Waals surface area contributed by atoms with Crippen molar-refractivity contribution in [2.24, 2.45) is 0 Å². The molecular weight excluding hydrogens is 380 g/mol. The molecule has 1 aliphatic rings. The van der Waals surface area contributed by atoms with Gasteiger partial charge in [0, 0.05) is 36.5 Å². The summed E-state index contributed by atoms with van der Waals surface area (Å²) in [6, 6.07) is 22.8. The van der Waals surface area contributed by atoms with Gasteiger partial charge in [-0.25, -0.2) is 0 Å². The molecule has 1 heterocycles. The number of rotatable bonds is 8. The van der Waals surface area contributed by atoms with Gasteiger partial charge in [0.25, 0.3) is 5.69 Å². The summed E-state index contributed by atoms with van der Waals surface area (Å²) in [6.45, 7) is 2.53. The molecule has 0 bridgehead atoms. The standard InChI is InChI=1S/C24H24N2O4/c27-26(28)21-12-13-23-19(17-21)8-6-14-25(23)18-20-7-4-5-11-24(20)30-16-15-29-22-9-2-1-3-10-22/h1-5,7,9-13,17H,6,8,14-16,18H2. The van der Waals surface area contributed by atoms with Crippen LogP contribution < -0.4 is 14.4 Å². The van der Waals surface area contributed by atoms with Gasteiger partial charge in [-0.2, -0.15) is 0 Å². The number of benzene rings is 3. The molecule has 154 valence electrons. The predicted octanol–water partition coefficient (Wildman–Crippen LogP) is 5.01. The van der Waals surface area contributed by atoms with E-state index in [1.54, 1.807) is 12.1 Å². The smallest absolute Gasteiger partial charge is 0.269 e. The fourth-order valence-corrected chi connectivity index (χ4v) is 3.75. The molecule has 0 amide bonds. The van der Waals surface area contributed by atoms with Crippen molar-refractivity contribution >= 4 is 11.4 Å². The third-order valence-electron chi connectivity index (χ3n) is 5.18. The van der Waals surface area contributed by atoms with Crippen molar-refractivity contribution in [1.29, 1.82) is 0 Å². The van der Waals surface area contributed by atoms with Crippen LogP contribution in [-0.4, -0.2) is 24.7 Å². The van der Waals surface area contributed by atoms with Crippen LogP contribution in [0.4, 0.5) is 11.4 Å². The maximum Gasteiger partial charge on any atom is 0.269 e. The zero-order chi connectivity index (χ0) is 20.8. The van der Waals surface area contributed by atoms with Crippen molar-refractivity contribution in [3.8, 4) is 11.5 Å². The number of fused-ring (bicyclic) bond motifs is 1. The highest BCUT2D eigenvalue weighted by Crippen LogP contribution is 2.32. The van der Waals surface area contributed by atoms with Crippen LogP contribution in [-0.2, 0) is 13.0 Å². The van der Waals surface area contributed by atoms with E-state index in [4.69, 9.17) is 9.47 Å². The molecule has 0 unspecified atom stereocenters. The Bertz CT molecular complexity index is 1010. The quantitative estimate of drug-likeness (QED) is 0.300. The minimum absolute atomic E-state index is 0.151. The van der Waals surface area contributed by atoms with Crippen LogP contribution >= 0.6 is 0 Å². The highest BCUT2D eigenvalue weighted by molar-refractivity contribution is 5.60. The van der Waals surface area contributed by atoms with E-state index in [0.29, 0.717) is 19.8 Å². The molecule has 0 spiro atoms. The van der Waals surface area contributed by atoms with Gasteiger partial charge in [-0.05, 0) is 42.7 Å². The molecule has 0 aromatic heterocycles. The minimum Gasteiger partial charge on any atom is -0.490 e. The van der Waals surface area contributed by atoms with Gasteiger partial charge in [0.2, 0.25) is 0 Å². The van der Waals surface area contributed by atoms with E-state index in [1.165, 1.54) is 0 Å². The van der Waals surface area contributed by atoms with E-state index in [0.717, 1.165) is 47.7 Å². The molecule has 0 atom stereocenters. The highest BCUT2D eigenvalue weighted by atomic mass is 16.6. The first-order valence-electron chi connectivity index (χ1n) is 10.1. The Hall–Kier alpha value is -3.54. The molecule has 6 nitrogen and oxygen atoms in total. The Labute approximate surface area is 175 Å². The Balaban J connectivity index is 1.41. The number of para-hydroxylation sites is 2. The average Bonchev–Trinajstić information content (AvgIpc) is 2.78.